The van der Waals surface area contributed by atoms with E-state index >= 15 is 0 Å². The lowest BCUT2D eigenvalue weighted by molar-refractivity contribution is -0.123. The Hall–Kier alpha value is -1.30. The quantitative estimate of drug-likeness (QED) is 0.0898. The molecule has 0 rings (SSSR count). The van der Waals surface area contributed by atoms with Gasteiger partial charge in [0.05, 0.1) is 6.61 Å². The Labute approximate surface area is 230 Å². The number of rotatable bonds is 28. The number of amides is 2. The highest BCUT2D eigenvalue weighted by atomic mass is 16.5. The second kappa shape index (κ2) is 29.3. The van der Waals surface area contributed by atoms with Crippen LogP contribution in [0.5, 0.6) is 0 Å². The lowest BCUT2D eigenvalue weighted by atomic mass is 10.0. The second-order valence-electron chi connectivity index (χ2n) is 10.8. The molecule has 6 heteroatoms. The summed E-state index contributed by atoms with van der Waals surface area (Å²) in [5.74, 6) is -0.112. The van der Waals surface area contributed by atoms with E-state index in [0.717, 1.165) is 38.5 Å². The van der Waals surface area contributed by atoms with Gasteiger partial charge in [-0.25, -0.2) is 4.79 Å². The molecule has 0 aromatic rings. The van der Waals surface area contributed by atoms with Crippen LogP contribution in [0.3, 0.4) is 0 Å². The summed E-state index contributed by atoms with van der Waals surface area (Å²) in [6.07, 6.45) is 27.1. The molecule has 1 unspecified atom stereocenters. The Balaban J connectivity index is 3.82. The molecule has 0 aromatic carbocycles. The van der Waals surface area contributed by atoms with Gasteiger partial charge in [0.15, 0.2) is 0 Å². The zero-order valence-corrected chi connectivity index (χ0v) is 24.8. The fraction of sp³-hybridized carbons (Fsp3) is 0.935. The van der Waals surface area contributed by atoms with E-state index in [4.69, 9.17) is 10.5 Å². The summed E-state index contributed by atoms with van der Waals surface area (Å²) in [5.41, 5.74) is 5.60. The normalized spacial score (nSPS) is 11.9. The third-order valence-corrected chi connectivity index (χ3v) is 7.12. The first-order chi connectivity index (χ1) is 18.2. The molecule has 0 fully saturated rings. The van der Waals surface area contributed by atoms with Gasteiger partial charge in [0, 0.05) is 6.54 Å². The van der Waals surface area contributed by atoms with Crippen molar-refractivity contribution in [1.82, 2.24) is 10.6 Å². The number of unbranched alkanes of at least 4 members (excludes halogenated alkanes) is 19. The van der Waals surface area contributed by atoms with Gasteiger partial charge in [-0.05, 0) is 38.6 Å². The number of alkyl carbamates (subject to hydrolysis) is 1. The molecule has 0 aliphatic carbocycles. The van der Waals surface area contributed by atoms with Crippen molar-refractivity contribution in [3.8, 4) is 0 Å². The molecule has 4 N–H and O–H groups in total. The molecule has 0 bridgehead atoms. The van der Waals surface area contributed by atoms with Crippen molar-refractivity contribution in [2.24, 2.45) is 5.73 Å². The number of ether oxygens (including phenoxy) is 1. The first kappa shape index (κ1) is 35.7. The first-order valence-electron chi connectivity index (χ1n) is 16.1. The van der Waals surface area contributed by atoms with E-state index in [9.17, 15) is 9.59 Å². The van der Waals surface area contributed by atoms with Crippen LogP contribution in [-0.2, 0) is 9.53 Å². The number of nitrogens with one attached hydrogen (secondary N) is 2. The largest absolute Gasteiger partial charge is 0.450 e. The van der Waals surface area contributed by atoms with E-state index in [2.05, 4.69) is 24.5 Å². The van der Waals surface area contributed by atoms with Gasteiger partial charge in [0.1, 0.15) is 6.04 Å². The van der Waals surface area contributed by atoms with Crippen LogP contribution in [0.1, 0.15) is 162 Å². The molecule has 2 amide bonds. The van der Waals surface area contributed by atoms with Crippen molar-refractivity contribution in [2.45, 2.75) is 168 Å². The summed E-state index contributed by atoms with van der Waals surface area (Å²) >= 11 is 0. The minimum atomic E-state index is -0.546. The zero-order valence-electron chi connectivity index (χ0n) is 24.8. The molecule has 0 saturated heterocycles. The Bertz CT molecular complexity index is 502. The van der Waals surface area contributed by atoms with Crippen LogP contribution in [0.4, 0.5) is 4.79 Å². The Morgan fingerprint density at radius 2 is 1.08 bits per heavy atom. The van der Waals surface area contributed by atoms with Crippen molar-refractivity contribution in [3.63, 3.8) is 0 Å². The monoisotopic (exact) mass is 525 g/mol. The van der Waals surface area contributed by atoms with Crippen LogP contribution < -0.4 is 16.4 Å². The molecular formula is C31H63N3O3. The highest BCUT2D eigenvalue weighted by molar-refractivity contribution is 5.85. The summed E-state index contributed by atoms with van der Waals surface area (Å²) in [4.78, 5) is 24.9. The maximum absolute atomic E-state index is 12.6. The topological polar surface area (TPSA) is 93.4 Å². The lowest BCUT2D eigenvalue weighted by Crippen LogP contribution is -2.47. The molecule has 37 heavy (non-hydrogen) atoms. The summed E-state index contributed by atoms with van der Waals surface area (Å²) in [7, 11) is 0. The maximum atomic E-state index is 12.6. The van der Waals surface area contributed by atoms with Gasteiger partial charge in [-0.15, -0.1) is 0 Å². The van der Waals surface area contributed by atoms with Crippen LogP contribution in [0.15, 0.2) is 0 Å². The molecule has 0 radical (unpaired) electrons. The third-order valence-electron chi connectivity index (χ3n) is 7.12. The molecule has 6 nitrogen and oxygen atoms in total. The molecule has 0 saturated carbocycles. The predicted octanol–water partition coefficient (Wildman–Crippen LogP) is 8.17. The highest BCUT2D eigenvalue weighted by Gasteiger charge is 2.20. The summed E-state index contributed by atoms with van der Waals surface area (Å²) < 4.78 is 5.36. The van der Waals surface area contributed by atoms with Crippen molar-refractivity contribution in [2.75, 3.05) is 19.7 Å². The van der Waals surface area contributed by atoms with Crippen LogP contribution in [0, 0.1) is 0 Å². The van der Waals surface area contributed by atoms with Gasteiger partial charge in [-0.1, -0.05) is 129 Å². The lowest BCUT2D eigenvalue weighted by Gasteiger charge is -2.18. The molecule has 0 heterocycles. The van der Waals surface area contributed by atoms with Crippen LogP contribution >= 0.6 is 0 Å². The maximum Gasteiger partial charge on any atom is 0.407 e. The molecule has 0 aromatic heterocycles. The molecule has 1 atom stereocenters. The van der Waals surface area contributed by atoms with Crippen molar-refractivity contribution < 1.29 is 14.3 Å². The van der Waals surface area contributed by atoms with Gasteiger partial charge in [-0.3, -0.25) is 4.79 Å². The molecular weight excluding hydrogens is 462 g/mol. The fourth-order valence-electron chi connectivity index (χ4n) is 4.65. The molecule has 220 valence electrons. The van der Waals surface area contributed by atoms with E-state index in [0.29, 0.717) is 26.1 Å². The summed E-state index contributed by atoms with van der Waals surface area (Å²) in [6, 6.07) is -0.546. The SMILES string of the molecule is CCCCCCCCCCCCCCCCOC(=O)NC(CCCCN)C(=O)NCCCCCCCC. The summed E-state index contributed by atoms with van der Waals surface area (Å²) in [5, 5.41) is 5.77. The second-order valence-corrected chi connectivity index (χ2v) is 10.8. The Morgan fingerprint density at radius 3 is 1.57 bits per heavy atom. The minimum Gasteiger partial charge on any atom is -0.450 e. The van der Waals surface area contributed by atoms with Gasteiger partial charge >= 0.3 is 6.09 Å². The number of carbonyl (C=O) groups excluding carboxylic acids is 2. The third kappa shape index (κ3) is 26.1. The number of hydrogen-bond donors (Lipinski definition) is 3. The van der Waals surface area contributed by atoms with Crippen molar-refractivity contribution >= 4 is 12.0 Å². The van der Waals surface area contributed by atoms with Gasteiger partial charge in [0.25, 0.3) is 0 Å². The zero-order chi connectivity index (χ0) is 27.2. The predicted molar refractivity (Wildman–Crippen MR) is 158 cm³/mol. The Morgan fingerprint density at radius 1 is 0.622 bits per heavy atom. The molecule has 0 aliphatic rings. The highest BCUT2D eigenvalue weighted by Crippen LogP contribution is 2.13. The van der Waals surface area contributed by atoms with Crippen LogP contribution in [0.2, 0.25) is 0 Å². The van der Waals surface area contributed by atoms with Crippen LogP contribution in [0.25, 0.3) is 0 Å². The van der Waals surface area contributed by atoms with Crippen molar-refractivity contribution in [3.05, 3.63) is 0 Å². The van der Waals surface area contributed by atoms with E-state index in [1.807, 2.05) is 0 Å². The average Bonchev–Trinajstić information content (AvgIpc) is 2.89. The average molecular weight is 526 g/mol. The van der Waals surface area contributed by atoms with Gasteiger partial charge < -0.3 is 21.1 Å². The van der Waals surface area contributed by atoms with E-state index < -0.39 is 12.1 Å². The molecule has 0 aliphatic heterocycles. The number of carbonyl (C=O) groups is 2. The number of nitrogens with two attached hydrogens (primary N) is 1. The van der Waals surface area contributed by atoms with E-state index in [1.165, 1.54) is 103 Å². The summed E-state index contributed by atoms with van der Waals surface area (Å²) in [6.45, 7) is 6.15. The van der Waals surface area contributed by atoms with Crippen molar-refractivity contribution in [1.29, 1.82) is 0 Å². The number of hydrogen-bond acceptors (Lipinski definition) is 4. The minimum absolute atomic E-state index is 0.112. The standard InChI is InChI=1S/C31H63N3O3/c1-3-5-7-9-11-12-13-14-15-16-17-18-20-24-28-37-31(36)34-29(25-21-22-26-32)30(35)33-27-23-19-10-8-6-4-2/h29H,3-28,32H2,1-2H3,(H,33,35)(H,34,36). The van der Waals surface area contributed by atoms with Gasteiger partial charge in [0.2, 0.25) is 5.91 Å². The van der Waals surface area contributed by atoms with E-state index in [-0.39, 0.29) is 5.91 Å². The fourth-order valence-corrected chi connectivity index (χ4v) is 4.65. The van der Waals surface area contributed by atoms with E-state index in [1.54, 1.807) is 0 Å². The smallest absolute Gasteiger partial charge is 0.407 e. The Kier molecular flexibility index (Phi) is 28.2. The van der Waals surface area contributed by atoms with Crippen LogP contribution in [-0.4, -0.2) is 37.7 Å². The van der Waals surface area contributed by atoms with Gasteiger partial charge in [-0.2, -0.15) is 0 Å². The molecule has 0 spiro atoms. The first-order valence-corrected chi connectivity index (χ1v) is 16.1.